The van der Waals surface area contributed by atoms with Crippen LogP contribution in [-0.2, 0) is 6.54 Å². The van der Waals surface area contributed by atoms with Crippen LogP contribution in [0.15, 0.2) is 18.3 Å². The highest BCUT2D eigenvalue weighted by Gasteiger charge is 2.08. The first-order chi connectivity index (χ1) is 9.69. The Bertz CT molecular complexity index is 566. The lowest BCUT2D eigenvalue weighted by Crippen LogP contribution is -2.23. The van der Waals surface area contributed by atoms with Gasteiger partial charge in [-0.05, 0) is 25.5 Å². The summed E-state index contributed by atoms with van der Waals surface area (Å²) in [6.45, 7) is 5.31. The molecule has 2 heterocycles. The van der Waals surface area contributed by atoms with Gasteiger partial charge in [-0.25, -0.2) is 4.98 Å². The van der Waals surface area contributed by atoms with Crippen LogP contribution in [0.5, 0.6) is 0 Å². The molecule has 0 aliphatic carbocycles. The van der Waals surface area contributed by atoms with E-state index in [0.29, 0.717) is 18.1 Å². The van der Waals surface area contributed by atoms with Gasteiger partial charge in [0.25, 0.3) is 5.91 Å². The molecule has 6 nitrogen and oxygen atoms in total. The van der Waals surface area contributed by atoms with Gasteiger partial charge in [-0.15, -0.1) is 21.5 Å². The molecule has 2 rings (SSSR count). The van der Waals surface area contributed by atoms with E-state index in [1.165, 1.54) is 0 Å². The third-order valence-corrected chi connectivity index (χ3v) is 3.46. The molecule has 0 radical (unpaired) electrons. The minimum absolute atomic E-state index is 0.231. The van der Waals surface area contributed by atoms with Crippen molar-refractivity contribution in [1.29, 1.82) is 0 Å². The van der Waals surface area contributed by atoms with Gasteiger partial charge in [0.15, 0.2) is 5.69 Å². The average Bonchev–Trinajstić information content (AvgIpc) is 2.89. The Balaban J connectivity index is 1.88. The Morgan fingerprint density at radius 2 is 2.20 bits per heavy atom. The molecule has 0 aromatic carbocycles. The van der Waals surface area contributed by atoms with E-state index in [9.17, 15) is 4.79 Å². The number of aromatic nitrogens is 3. The Hall–Kier alpha value is -2.02. The molecule has 0 saturated heterocycles. The second kappa shape index (κ2) is 6.95. The highest BCUT2D eigenvalue weighted by molar-refractivity contribution is 7.11. The number of hydrogen-bond acceptors (Lipinski definition) is 6. The van der Waals surface area contributed by atoms with E-state index in [1.807, 2.05) is 6.92 Å². The predicted octanol–water partition coefficient (Wildman–Crippen LogP) is 1.99. The molecule has 0 unspecified atom stereocenters. The lowest BCUT2D eigenvalue weighted by molar-refractivity contribution is 0.0945. The molecule has 0 atom stereocenters. The van der Waals surface area contributed by atoms with Crippen LogP contribution in [-0.4, -0.2) is 27.6 Å². The molecule has 20 heavy (non-hydrogen) atoms. The molecule has 2 aromatic heterocycles. The Labute approximate surface area is 121 Å². The highest BCUT2D eigenvalue weighted by atomic mass is 32.1. The first-order valence-corrected chi connectivity index (χ1v) is 7.28. The zero-order chi connectivity index (χ0) is 14.4. The molecule has 1 amide bonds. The van der Waals surface area contributed by atoms with Gasteiger partial charge in [0, 0.05) is 17.6 Å². The maximum absolute atomic E-state index is 11.9. The van der Waals surface area contributed by atoms with Crippen LogP contribution >= 0.6 is 11.3 Å². The lowest BCUT2D eigenvalue weighted by atomic mass is 10.3. The van der Waals surface area contributed by atoms with Crippen LogP contribution in [0.25, 0.3) is 0 Å². The lowest BCUT2D eigenvalue weighted by Gasteiger charge is -2.04. The van der Waals surface area contributed by atoms with E-state index in [-0.39, 0.29) is 5.91 Å². The molecule has 2 N–H and O–H groups in total. The van der Waals surface area contributed by atoms with Crippen molar-refractivity contribution >= 4 is 23.1 Å². The molecule has 0 fully saturated rings. The maximum atomic E-state index is 11.9. The summed E-state index contributed by atoms with van der Waals surface area (Å²) in [6, 6.07) is 3.42. The highest BCUT2D eigenvalue weighted by Crippen LogP contribution is 2.11. The second-order valence-corrected chi connectivity index (χ2v) is 5.58. The molecule has 0 spiro atoms. The van der Waals surface area contributed by atoms with E-state index in [2.05, 4.69) is 32.7 Å². The second-order valence-electron chi connectivity index (χ2n) is 4.26. The molecular weight excluding hydrogens is 274 g/mol. The van der Waals surface area contributed by atoms with Gasteiger partial charge in [-0.1, -0.05) is 6.92 Å². The van der Waals surface area contributed by atoms with E-state index < -0.39 is 0 Å². The van der Waals surface area contributed by atoms with Crippen molar-refractivity contribution in [2.24, 2.45) is 0 Å². The number of thiazole rings is 1. The quantitative estimate of drug-likeness (QED) is 0.851. The van der Waals surface area contributed by atoms with Crippen molar-refractivity contribution in [2.75, 3.05) is 11.9 Å². The van der Waals surface area contributed by atoms with Crippen molar-refractivity contribution in [3.05, 3.63) is 33.9 Å². The van der Waals surface area contributed by atoms with E-state index in [1.54, 1.807) is 29.7 Å². The van der Waals surface area contributed by atoms with Crippen molar-refractivity contribution in [3.8, 4) is 0 Å². The average molecular weight is 291 g/mol. The molecule has 0 aliphatic rings. The summed E-state index contributed by atoms with van der Waals surface area (Å²) >= 11 is 1.56. The van der Waals surface area contributed by atoms with Crippen LogP contribution < -0.4 is 10.6 Å². The number of carbonyl (C=O) groups is 1. The van der Waals surface area contributed by atoms with Gasteiger partial charge in [-0.3, -0.25) is 4.79 Å². The van der Waals surface area contributed by atoms with Crippen LogP contribution in [0.3, 0.4) is 0 Å². The van der Waals surface area contributed by atoms with Crippen LogP contribution in [0.2, 0.25) is 0 Å². The van der Waals surface area contributed by atoms with Crippen molar-refractivity contribution in [2.45, 2.75) is 26.8 Å². The predicted molar refractivity (Wildman–Crippen MR) is 78.8 cm³/mol. The number of nitrogens with one attached hydrogen (secondary N) is 2. The summed E-state index contributed by atoms with van der Waals surface area (Å²) < 4.78 is 0. The largest absolute Gasteiger partial charge is 0.369 e. The molecule has 2 aromatic rings. The minimum atomic E-state index is -0.231. The molecule has 0 saturated carbocycles. The third kappa shape index (κ3) is 3.99. The topological polar surface area (TPSA) is 79.8 Å². The summed E-state index contributed by atoms with van der Waals surface area (Å²) in [6.07, 6.45) is 2.78. The van der Waals surface area contributed by atoms with Crippen molar-refractivity contribution in [3.63, 3.8) is 0 Å². The first kappa shape index (κ1) is 14.4. The van der Waals surface area contributed by atoms with Gasteiger partial charge in [0.2, 0.25) is 0 Å². The number of aryl methyl sites for hydroxylation is 1. The Morgan fingerprint density at radius 3 is 2.80 bits per heavy atom. The van der Waals surface area contributed by atoms with E-state index in [0.717, 1.165) is 22.9 Å². The Kier molecular flexibility index (Phi) is 5.00. The number of rotatable bonds is 6. The number of nitrogens with zero attached hydrogens (tertiary/aromatic N) is 3. The van der Waals surface area contributed by atoms with Gasteiger partial charge in [-0.2, -0.15) is 0 Å². The van der Waals surface area contributed by atoms with Gasteiger partial charge >= 0.3 is 0 Å². The standard InChI is InChI=1S/C13H17N5OS/c1-3-6-14-12-5-4-11(17-18-12)13(19)16-8-10-7-15-9(2)20-10/h4-5,7H,3,6,8H2,1-2H3,(H,14,18)(H,16,19). The minimum Gasteiger partial charge on any atom is -0.369 e. The monoisotopic (exact) mass is 291 g/mol. The number of anilines is 1. The van der Waals surface area contributed by atoms with Gasteiger partial charge < -0.3 is 10.6 Å². The van der Waals surface area contributed by atoms with Crippen molar-refractivity contribution in [1.82, 2.24) is 20.5 Å². The molecule has 0 bridgehead atoms. The van der Waals surface area contributed by atoms with Crippen LogP contribution in [0.1, 0.15) is 33.7 Å². The van der Waals surface area contributed by atoms with Crippen molar-refractivity contribution < 1.29 is 4.79 Å². The summed E-state index contributed by atoms with van der Waals surface area (Å²) in [5, 5.41) is 14.8. The number of carbonyl (C=O) groups excluding carboxylic acids is 1. The van der Waals surface area contributed by atoms with Gasteiger partial charge in [0.05, 0.1) is 11.6 Å². The van der Waals surface area contributed by atoms with Crippen LogP contribution in [0, 0.1) is 6.92 Å². The number of hydrogen-bond donors (Lipinski definition) is 2. The summed E-state index contributed by atoms with van der Waals surface area (Å²) in [5.41, 5.74) is 0.313. The fraction of sp³-hybridized carbons (Fsp3) is 0.385. The summed E-state index contributed by atoms with van der Waals surface area (Å²) in [5.74, 6) is 0.451. The molecular formula is C13H17N5OS. The zero-order valence-electron chi connectivity index (χ0n) is 11.5. The number of amides is 1. The summed E-state index contributed by atoms with van der Waals surface area (Å²) in [7, 11) is 0. The Morgan fingerprint density at radius 1 is 1.35 bits per heavy atom. The first-order valence-electron chi connectivity index (χ1n) is 6.46. The SMILES string of the molecule is CCCNc1ccc(C(=O)NCc2cnc(C)s2)nn1. The maximum Gasteiger partial charge on any atom is 0.272 e. The molecule has 106 valence electrons. The summed E-state index contributed by atoms with van der Waals surface area (Å²) in [4.78, 5) is 17.1. The molecule has 7 heteroatoms. The fourth-order valence-electron chi connectivity index (χ4n) is 1.55. The normalized spacial score (nSPS) is 10.3. The van der Waals surface area contributed by atoms with E-state index in [4.69, 9.17) is 0 Å². The van der Waals surface area contributed by atoms with Crippen LogP contribution in [0.4, 0.5) is 5.82 Å². The third-order valence-electron chi connectivity index (χ3n) is 2.55. The van der Waals surface area contributed by atoms with E-state index >= 15 is 0 Å². The molecule has 0 aliphatic heterocycles. The van der Waals surface area contributed by atoms with Gasteiger partial charge in [0.1, 0.15) is 5.82 Å². The fourth-order valence-corrected chi connectivity index (χ4v) is 2.28. The smallest absolute Gasteiger partial charge is 0.272 e. The zero-order valence-corrected chi connectivity index (χ0v) is 12.3.